The highest BCUT2D eigenvalue weighted by molar-refractivity contribution is 5.92. The van der Waals surface area contributed by atoms with Crippen LogP contribution in [0.2, 0.25) is 0 Å². The van der Waals surface area contributed by atoms with Gasteiger partial charge in [-0.1, -0.05) is 0 Å². The van der Waals surface area contributed by atoms with E-state index in [4.69, 9.17) is 10.5 Å². The summed E-state index contributed by atoms with van der Waals surface area (Å²) in [5, 5.41) is 7.33. The minimum absolute atomic E-state index is 0.00425. The SMILES string of the molecule is NC(=O)CN1CCC(n2nccc2NC(=O)[C@@H]2CCOC2)CC1. The molecule has 0 aromatic carbocycles. The van der Waals surface area contributed by atoms with Crippen LogP contribution < -0.4 is 11.1 Å². The van der Waals surface area contributed by atoms with Crippen LogP contribution in [-0.4, -0.2) is 59.3 Å². The number of hydrogen-bond acceptors (Lipinski definition) is 5. The average Bonchev–Trinajstić information content (AvgIpc) is 3.18. The monoisotopic (exact) mass is 321 g/mol. The van der Waals surface area contributed by atoms with Gasteiger partial charge >= 0.3 is 0 Å². The highest BCUT2D eigenvalue weighted by Crippen LogP contribution is 2.26. The van der Waals surface area contributed by atoms with E-state index in [1.807, 2.05) is 10.7 Å². The fourth-order valence-electron chi connectivity index (χ4n) is 3.22. The molecule has 0 radical (unpaired) electrons. The summed E-state index contributed by atoms with van der Waals surface area (Å²) in [5.74, 6) is 0.357. The maximum atomic E-state index is 12.2. The Balaban J connectivity index is 1.58. The zero-order valence-electron chi connectivity index (χ0n) is 13.1. The van der Waals surface area contributed by atoms with Gasteiger partial charge in [-0.05, 0) is 19.3 Å². The van der Waals surface area contributed by atoms with Crippen LogP contribution in [0.25, 0.3) is 0 Å². The Hall–Kier alpha value is -1.93. The van der Waals surface area contributed by atoms with Crippen LogP contribution in [0.1, 0.15) is 25.3 Å². The van der Waals surface area contributed by atoms with E-state index in [1.54, 1.807) is 6.20 Å². The minimum atomic E-state index is -0.297. The molecule has 2 aliphatic rings. The summed E-state index contributed by atoms with van der Waals surface area (Å²) in [7, 11) is 0. The molecule has 3 rings (SSSR count). The standard InChI is InChI=1S/C15H23N5O3/c16-13(21)9-19-6-2-12(3-7-19)20-14(1-5-17-20)18-15(22)11-4-8-23-10-11/h1,5,11-12H,2-4,6-10H2,(H2,16,21)(H,18,22)/t11-/m1/s1. The molecule has 1 aromatic rings. The number of nitrogens with zero attached hydrogens (tertiary/aromatic N) is 3. The molecule has 126 valence electrons. The molecule has 0 spiro atoms. The van der Waals surface area contributed by atoms with Crippen LogP contribution in [0.4, 0.5) is 5.82 Å². The number of hydrogen-bond donors (Lipinski definition) is 2. The van der Waals surface area contributed by atoms with Gasteiger partial charge in [0, 0.05) is 25.8 Å². The van der Waals surface area contributed by atoms with Gasteiger partial charge in [-0.25, -0.2) is 4.68 Å². The number of nitrogens with two attached hydrogens (primary N) is 1. The third-order valence-electron chi connectivity index (χ3n) is 4.50. The number of primary amides is 1. The first-order valence-electron chi connectivity index (χ1n) is 8.06. The summed E-state index contributed by atoms with van der Waals surface area (Å²) < 4.78 is 7.15. The molecule has 1 atom stereocenters. The van der Waals surface area contributed by atoms with Crippen molar-refractivity contribution in [3.63, 3.8) is 0 Å². The van der Waals surface area contributed by atoms with Crippen LogP contribution in [-0.2, 0) is 14.3 Å². The van der Waals surface area contributed by atoms with Crippen molar-refractivity contribution in [2.24, 2.45) is 11.7 Å². The topological polar surface area (TPSA) is 102 Å². The third-order valence-corrected chi connectivity index (χ3v) is 4.50. The van der Waals surface area contributed by atoms with Gasteiger partial charge in [0.2, 0.25) is 11.8 Å². The highest BCUT2D eigenvalue weighted by Gasteiger charge is 2.27. The minimum Gasteiger partial charge on any atom is -0.381 e. The molecule has 8 heteroatoms. The summed E-state index contributed by atoms with van der Waals surface area (Å²) in [6.45, 7) is 3.05. The first kappa shape index (κ1) is 15.9. The zero-order valence-corrected chi connectivity index (χ0v) is 13.1. The predicted molar refractivity (Wildman–Crippen MR) is 83.7 cm³/mol. The van der Waals surface area contributed by atoms with Gasteiger partial charge in [0.05, 0.1) is 31.3 Å². The Morgan fingerprint density at radius 1 is 1.35 bits per heavy atom. The van der Waals surface area contributed by atoms with E-state index < -0.39 is 0 Å². The molecule has 0 saturated carbocycles. The first-order valence-corrected chi connectivity index (χ1v) is 8.06. The predicted octanol–water partition coefficient (Wildman–Crippen LogP) is -0.0197. The van der Waals surface area contributed by atoms with Crippen molar-refractivity contribution in [2.45, 2.75) is 25.3 Å². The summed E-state index contributed by atoms with van der Waals surface area (Å²) in [6.07, 6.45) is 4.23. The summed E-state index contributed by atoms with van der Waals surface area (Å²) in [4.78, 5) is 25.3. The number of nitrogens with one attached hydrogen (secondary N) is 1. The summed E-state index contributed by atoms with van der Waals surface area (Å²) >= 11 is 0. The van der Waals surface area contributed by atoms with E-state index in [1.165, 1.54) is 0 Å². The van der Waals surface area contributed by atoms with Gasteiger partial charge in [0.15, 0.2) is 0 Å². The average molecular weight is 321 g/mol. The number of anilines is 1. The lowest BCUT2D eigenvalue weighted by Gasteiger charge is -2.31. The van der Waals surface area contributed by atoms with Crippen molar-refractivity contribution in [1.82, 2.24) is 14.7 Å². The van der Waals surface area contributed by atoms with Crippen molar-refractivity contribution in [1.29, 1.82) is 0 Å². The van der Waals surface area contributed by atoms with Crippen molar-refractivity contribution in [2.75, 3.05) is 38.2 Å². The number of carbonyl (C=O) groups is 2. The molecule has 8 nitrogen and oxygen atoms in total. The summed E-state index contributed by atoms with van der Waals surface area (Å²) in [6, 6.07) is 2.05. The third kappa shape index (κ3) is 3.89. The Bertz CT molecular complexity index is 559. The zero-order chi connectivity index (χ0) is 16.2. The van der Waals surface area contributed by atoms with E-state index in [-0.39, 0.29) is 23.8 Å². The second-order valence-corrected chi connectivity index (χ2v) is 6.18. The Morgan fingerprint density at radius 2 is 2.13 bits per heavy atom. The van der Waals surface area contributed by atoms with Crippen molar-refractivity contribution in [3.8, 4) is 0 Å². The van der Waals surface area contributed by atoms with Crippen LogP contribution in [0.15, 0.2) is 12.3 Å². The van der Waals surface area contributed by atoms with Gasteiger partial charge in [0.25, 0.3) is 0 Å². The largest absolute Gasteiger partial charge is 0.381 e. The van der Waals surface area contributed by atoms with Gasteiger partial charge < -0.3 is 15.8 Å². The van der Waals surface area contributed by atoms with Gasteiger partial charge in [-0.2, -0.15) is 5.10 Å². The highest BCUT2D eigenvalue weighted by atomic mass is 16.5. The lowest BCUT2D eigenvalue weighted by molar-refractivity contribution is -0.120. The normalized spacial score (nSPS) is 23.0. The molecule has 3 heterocycles. The fraction of sp³-hybridized carbons (Fsp3) is 0.667. The van der Waals surface area contributed by atoms with Crippen LogP contribution >= 0.6 is 0 Å². The molecule has 2 aliphatic heterocycles. The number of rotatable bonds is 5. The first-order chi connectivity index (χ1) is 11.1. The van der Waals surface area contributed by atoms with E-state index in [2.05, 4.69) is 15.3 Å². The van der Waals surface area contributed by atoms with E-state index in [9.17, 15) is 9.59 Å². The second-order valence-electron chi connectivity index (χ2n) is 6.18. The molecule has 0 aliphatic carbocycles. The van der Waals surface area contributed by atoms with Gasteiger partial charge in [-0.3, -0.25) is 14.5 Å². The maximum Gasteiger partial charge on any atom is 0.231 e. The molecular weight excluding hydrogens is 298 g/mol. The van der Waals surface area contributed by atoms with Gasteiger partial charge in [0.1, 0.15) is 5.82 Å². The molecule has 2 amide bonds. The lowest BCUT2D eigenvalue weighted by Crippen LogP contribution is -2.40. The number of aromatic nitrogens is 2. The van der Waals surface area contributed by atoms with Gasteiger partial charge in [-0.15, -0.1) is 0 Å². The maximum absolute atomic E-state index is 12.2. The molecule has 2 fully saturated rings. The van der Waals surface area contributed by atoms with Crippen LogP contribution in [0.3, 0.4) is 0 Å². The number of likely N-dealkylation sites (tertiary alicyclic amines) is 1. The number of carbonyl (C=O) groups excluding carboxylic acids is 2. The lowest BCUT2D eigenvalue weighted by atomic mass is 10.1. The molecule has 0 unspecified atom stereocenters. The van der Waals surface area contributed by atoms with E-state index in [0.717, 1.165) is 38.2 Å². The molecule has 3 N–H and O–H groups in total. The van der Waals surface area contributed by atoms with Crippen LogP contribution in [0.5, 0.6) is 0 Å². The van der Waals surface area contributed by atoms with Crippen molar-refractivity contribution >= 4 is 17.6 Å². The van der Waals surface area contributed by atoms with Crippen molar-refractivity contribution < 1.29 is 14.3 Å². The second kappa shape index (κ2) is 7.10. The number of ether oxygens (including phenoxy) is 1. The quantitative estimate of drug-likeness (QED) is 0.793. The smallest absolute Gasteiger partial charge is 0.231 e. The number of amides is 2. The fourth-order valence-corrected chi connectivity index (χ4v) is 3.22. The molecule has 23 heavy (non-hydrogen) atoms. The Labute approximate surface area is 134 Å². The molecule has 2 saturated heterocycles. The van der Waals surface area contributed by atoms with Crippen molar-refractivity contribution in [3.05, 3.63) is 12.3 Å². The summed E-state index contributed by atoms with van der Waals surface area (Å²) in [5.41, 5.74) is 5.24. The molecular formula is C15H23N5O3. The Kier molecular flexibility index (Phi) is 4.92. The van der Waals surface area contributed by atoms with E-state index >= 15 is 0 Å². The Morgan fingerprint density at radius 3 is 2.78 bits per heavy atom. The van der Waals surface area contributed by atoms with Crippen LogP contribution in [0, 0.1) is 5.92 Å². The molecule has 0 bridgehead atoms. The van der Waals surface area contributed by atoms with E-state index in [0.29, 0.717) is 19.8 Å². The number of piperidine rings is 1. The molecule has 1 aromatic heterocycles.